The van der Waals surface area contributed by atoms with Crippen molar-refractivity contribution in [3.8, 4) is 0 Å². The Morgan fingerprint density at radius 1 is 1.06 bits per heavy atom. The summed E-state index contributed by atoms with van der Waals surface area (Å²) in [5.41, 5.74) is -0.279. The highest BCUT2D eigenvalue weighted by atomic mass is 32.2. The number of hydrogen-bond donors (Lipinski definition) is 1. The molecule has 33 heavy (non-hydrogen) atoms. The van der Waals surface area contributed by atoms with Crippen LogP contribution in [0.4, 0.5) is 14.5 Å². The van der Waals surface area contributed by atoms with Crippen molar-refractivity contribution in [1.82, 2.24) is 4.90 Å². The van der Waals surface area contributed by atoms with E-state index in [9.17, 15) is 26.8 Å². The summed E-state index contributed by atoms with van der Waals surface area (Å²) in [6.45, 7) is -0.328. The predicted octanol–water partition coefficient (Wildman–Crippen LogP) is 3.30. The fourth-order valence-electron chi connectivity index (χ4n) is 4.37. The molecule has 1 spiro atoms. The predicted molar refractivity (Wildman–Crippen MR) is 119 cm³/mol. The molecule has 2 aliphatic rings. The van der Waals surface area contributed by atoms with Crippen molar-refractivity contribution >= 4 is 33.1 Å². The van der Waals surface area contributed by atoms with Gasteiger partial charge in [-0.2, -0.15) is 0 Å². The second kappa shape index (κ2) is 8.66. The van der Waals surface area contributed by atoms with Crippen molar-refractivity contribution in [2.75, 3.05) is 18.1 Å². The Balaban J connectivity index is 1.60. The van der Waals surface area contributed by atoms with Crippen LogP contribution in [-0.2, 0) is 19.4 Å². The maximum absolute atomic E-state index is 13.5. The van der Waals surface area contributed by atoms with E-state index in [0.717, 1.165) is 37.7 Å². The van der Waals surface area contributed by atoms with Crippen LogP contribution < -0.4 is 5.32 Å². The smallest absolute Gasteiger partial charge is 0.275 e. The number of sulfone groups is 1. The van der Waals surface area contributed by atoms with Gasteiger partial charge < -0.3 is 10.2 Å². The summed E-state index contributed by atoms with van der Waals surface area (Å²) in [7, 11) is -3.39. The topological polar surface area (TPSA) is 95.9 Å². The number of rotatable bonds is 5. The molecule has 0 atom stereocenters. The van der Waals surface area contributed by atoms with Crippen LogP contribution >= 0.6 is 0 Å². The highest BCUT2D eigenvalue weighted by molar-refractivity contribution is 7.90. The van der Waals surface area contributed by atoms with Crippen molar-refractivity contribution < 1.29 is 26.8 Å². The summed E-state index contributed by atoms with van der Waals surface area (Å²) in [5, 5.41) is 2.44. The summed E-state index contributed by atoms with van der Waals surface area (Å²) in [6, 6.07) is 8.59. The molecule has 1 aliphatic carbocycles. The summed E-state index contributed by atoms with van der Waals surface area (Å²) < 4.78 is 50.4. The molecule has 1 heterocycles. The first-order valence-corrected chi connectivity index (χ1v) is 12.4. The van der Waals surface area contributed by atoms with Gasteiger partial charge in [0.1, 0.15) is 29.6 Å². The van der Waals surface area contributed by atoms with Crippen LogP contribution in [0.5, 0.6) is 0 Å². The van der Waals surface area contributed by atoms with Crippen molar-refractivity contribution in [3.63, 3.8) is 0 Å². The average Bonchev–Trinajstić information content (AvgIpc) is 2.99. The summed E-state index contributed by atoms with van der Waals surface area (Å²) in [5.74, 6) is -2.68. The fourth-order valence-corrected chi connectivity index (χ4v) is 5.00. The number of hydrogen-bond acceptors (Lipinski definition) is 5. The molecular formula is C23H23F2N3O4S. The van der Waals surface area contributed by atoms with Crippen molar-refractivity contribution in [1.29, 1.82) is 0 Å². The molecule has 0 bridgehead atoms. The number of nitrogens with one attached hydrogen (secondary N) is 1. The third-order valence-electron chi connectivity index (χ3n) is 5.93. The van der Waals surface area contributed by atoms with Gasteiger partial charge in [-0.3, -0.25) is 14.6 Å². The van der Waals surface area contributed by atoms with Crippen LogP contribution in [0.15, 0.2) is 52.4 Å². The molecule has 174 valence electrons. The third kappa shape index (κ3) is 4.80. The van der Waals surface area contributed by atoms with Crippen molar-refractivity contribution in [3.05, 3.63) is 59.7 Å². The van der Waals surface area contributed by atoms with Crippen LogP contribution in [-0.4, -0.2) is 49.3 Å². The van der Waals surface area contributed by atoms with Gasteiger partial charge >= 0.3 is 0 Å². The Bertz CT molecular complexity index is 1220. The Hall–Kier alpha value is -3.14. The van der Waals surface area contributed by atoms with E-state index in [1.165, 1.54) is 29.2 Å². The second-order valence-electron chi connectivity index (χ2n) is 8.40. The monoisotopic (exact) mass is 475 g/mol. The molecule has 2 amide bonds. The van der Waals surface area contributed by atoms with Crippen LogP contribution in [0, 0.1) is 11.6 Å². The molecule has 7 nitrogen and oxygen atoms in total. The lowest BCUT2D eigenvalue weighted by molar-refractivity contribution is -0.134. The molecule has 1 N–H and O–H groups in total. The van der Waals surface area contributed by atoms with E-state index >= 15 is 0 Å². The summed E-state index contributed by atoms with van der Waals surface area (Å²) >= 11 is 0. The lowest BCUT2D eigenvalue weighted by Gasteiger charge is -2.38. The molecule has 0 unspecified atom stereocenters. The summed E-state index contributed by atoms with van der Waals surface area (Å²) in [4.78, 5) is 32.3. The number of amides is 2. The molecule has 0 radical (unpaired) electrons. The van der Waals surface area contributed by atoms with E-state index in [2.05, 4.69) is 5.32 Å². The first kappa shape index (κ1) is 23.0. The van der Waals surface area contributed by atoms with E-state index < -0.39 is 38.9 Å². The first-order chi connectivity index (χ1) is 15.6. The highest BCUT2D eigenvalue weighted by Crippen LogP contribution is 2.39. The van der Waals surface area contributed by atoms with Crippen LogP contribution in [0.2, 0.25) is 0 Å². The van der Waals surface area contributed by atoms with E-state index in [-0.39, 0.29) is 22.8 Å². The van der Waals surface area contributed by atoms with Crippen LogP contribution in [0.25, 0.3) is 0 Å². The maximum atomic E-state index is 13.5. The zero-order valence-electron chi connectivity index (χ0n) is 18.0. The van der Waals surface area contributed by atoms with Gasteiger partial charge in [-0.25, -0.2) is 17.2 Å². The van der Waals surface area contributed by atoms with E-state index in [0.29, 0.717) is 24.5 Å². The van der Waals surface area contributed by atoms with Crippen molar-refractivity contribution in [2.24, 2.45) is 4.99 Å². The average molecular weight is 476 g/mol. The SMILES string of the molecule is CS(=O)(=O)c1ccc(C2=NC3(CCCCC3)N(CC(=O)Nc3cc(F)cc(F)c3)C2=O)cc1. The number of carbonyl (C=O) groups excluding carboxylic acids is 2. The third-order valence-corrected chi connectivity index (χ3v) is 7.06. The zero-order chi connectivity index (χ0) is 23.8. The number of aliphatic imine (C=N–C) groups is 1. The van der Waals surface area contributed by atoms with Gasteiger partial charge in [-0.15, -0.1) is 0 Å². The molecule has 0 saturated heterocycles. The Kier molecular flexibility index (Phi) is 6.04. The Labute approximate surface area is 190 Å². The maximum Gasteiger partial charge on any atom is 0.275 e. The summed E-state index contributed by atoms with van der Waals surface area (Å²) in [6.07, 6.45) is 4.94. The first-order valence-electron chi connectivity index (χ1n) is 10.6. The Morgan fingerprint density at radius 2 is 1.67 bits per heavy atom. The molecule has 1 fully saturated rings. The standard InChI is InChI=1S/C23H23F2N3O4S/c1-33(31,32)19-7-5-15(6-8-19)21-22(30)28(23(27-21)9-3-2-4-10-23)14-20(29)26-18-12-16(24)11-17(25)13-18/h5-8,11-13H,2-4,9-10,14H2,1H3,(H,26,29). The highest BCUT2D eigenvalue weighted by Gasteiger charge is 2.48. The zero-order valence-corrected chi connectivity index (χ0v) is 18.8. The lowest BCUT2D eigenvalue weighted by atomic mass is 9.88. The molecule has 10 heteroatoms. The number of nitrogens with zero attached hydrogens (tertiary/aromatic N) is 2. The van der Waals surface area contributed by atoms with E-state index in [4.69, 9.17) is 4.99 Å². The van der Waals surface area contributed by atoms with Gasteiger partial charge in [-0.1, -0.05) is 18.6 Å². The molecule has 0 aromatic heterocycles. The Morgan fingerprint density at radius 3 is 2.24 bits per heavy atom. The molecule has 4 rings (SSSR count). The molecule has 2 aromatic carbocycles. The number of anilines is 1. The second-order valence-corrected chi connectivity index (χ2v) is 10.4. The van der Waals surface area contributed by atoms with Gasteiger partial charge in [0, 0.05) is 23.6 Å². The van der Waals surface area contributed by atoms with E-state index in [1.807, 2.05) is 0 Å². The van der Waals surface area contributed by atoms with Crippen LogP contribution in [0.3, 0.4) is 0 Å². The van der Waals surface area contributed by atoms with Gasteiger partial charge in [0.15, 0.2) is 9.84 Å². The minimum Gasteiger partial charge on any atom is -0.324 e. The molecule has 1 aliphatic heterocycles. The quantitative estimate of drug-likeness (QED) is 0.718. The molecule has 1 saturated carbocycles. The van der Waals surface area contributed by atoms with Gasteiger partial charge in [0.05, 0.1) is 4.90 Å². The molecule has 2 aromatic rings. The van der Waals surface area contributed by atoms with Crippen molar-refractivity contribution in [2.45, 2.75) is 42.7 Å². The largest absolute Gasteiger partial charge is 0.324 e. The minimum absolute atomic E-state index is 0.0423. The van der Waals surface area contributed by atoms with E-state index in [1.54, 1.807) is 0 Å². The lowest BCUT2D eigenvalue weighted by Crippen LogP contribution is -2.51. The minimum atomic E-state index is -3.39. The van der Waals surface area contributed by atoms with Gasteiger partial charge in [0.25, 0.3) is 5.91 Å². The van der Waals surface area contributed by atoms with Gasteiger partial charge in [-0.05, 0) is 49.9 Å². The van der Waals surface area contributed by atoms with Gasteiger partial charge in [0.2, 0.25) is 5.91 Å². The number of carbonyl (C=O) groups is 2. The molecular weight excluding hydrogens is 452 g/mol. The number of halogens is 2. The van der Waals surface area contributed by atoms with Crippen LogP contribution in [0.1, 0.15) is 37.7 Å². The number of benzene rings is 2. The normalized spacial score (nSPS) is 17.8. The fraction of sp³-hybridized carbons (Fsp3) is 0.348.